The van der Waals surface area contributed by atoms with Crippen LogP contribution in [0.5, 0.6) is 5.75 Å². The van der Waals surface area contributed by atoms with Crippen molar-refractivity contribution < 1.29 is 9.68 Å². The Bertz CT molecular complexity index is 2220. The first-order chi connectivity index (χ1) is 20.3. The second kappa shape index (κ2) is 9.44. The fraction of sp³-hybridized carbons (Fsp3) is 0. The van der Waals surface area contributed by atoms with Crippen LogP contribution in [0.4, 0.5) is 0 Å². The van der Waals surface area contributed by atoms with Gasteiger partial charge in [0.2, 0.25) is 0 Å². The molecule has 8 aromatic rings. The lowest BCUT2D eigenvalue weighted by atomic mass is 10.0. The number of fused-ring (bicyclic) bond motifs is 6. The molecule has 0 aliphatic carbocycles. The summed E-state index contributed by atoms with van der Waals surface area (Å²) in [5.74, 6) is 0.646. The Labute approximate surface area is 237 Å². The molecule has 5 heteroatoms. The van der Waals surface area contributed by atoms with Gasteiger partial charge in [-0.05, 0) is 83.9 Å². The molecule has 41 heavy (non-hydrogen) atoms. The molecule has 0 aliphatic heterocycles. The molecule has 2 aromatic heterocycles. The van der Waals surface area contributed by atoms with Crippen molar-refractivity contribution in [1.82, 2.24) is 9.13 Å². The normalized spacial score (nSPS) is 11.5. The zero-order chi connectivity index (χ0) is 27.3. The highest BCUT2D eigenvalue weighted by molar-refractivity contribution is 6.18. The third-order valence-electron chi connectivity index (χ3n) is 8.00. The van der Waals surface area contributed by atoms with Crippen molar-refractivity contribution in [1.29, 1.82) is 0 Å². The third-order valence-corrected chi connectivity index (χ3v) is 8.00. The number of aromatic nitrogens is 2. The molecule has 0 radical (unpaired) electrons. The van der Waals surface area contributed by atoms with Crippen molar-refractivity contribution in [3.05, 3.63) is 140 Å². The Balaban J connectivity index is 1.36. The predicted molar refractivity (Wildman–Crippen MR) is 171 cm³/mol. The van der Waals surface area contributed by atoms with Gasteiger partial charge in [-0.15, -0.1) is 0 Å². The predicted octanol–water partition coefficient (Wildman–Crippen LogP) is 8.19. The molecule has 0 atom stereocenters. The first-order valence-electron chi connectivity index (χ1n) is 13.8. The van der Waals surface area contributed by atoms with E-state index in [0.29, 0.717) is 5.75 Å². The van der Waals surface area contributed by atoms with Crippen LogP contribution < -0.4 is 4.65 Å². The second-order valence-corrected chi connectivity index (χ2v) is 10.3. The van der Waals surface area contributed by atoms with Gasteiger partial charge in [0.1, 0.15) is 5.75 Å². The molecule has 1 N–H and O–H groups in total. The zero-order valence-corrected chi connectivity index (χ0v) is 22.2. The molecule has 0 fully saturated rings. The molecule has 194 valence electrons. The Morgan fingerprint density at radius 1 is 0.439 bits per heavy atom. The van der Waals surface area contributed by atoms with Crippen molar-refractivity contribution in [2.24, 2.45) is 0 Å². The quantitative estimate of drug-likeness (QED) is 0.229. The fourth-order valence-electron chi connectivity index (χ4n) is 6.21. The maximum Gasteiger partial charge on any atom is 0.504 e. The molecule has 8 rings (SSSR count). The van der Waals surface area contributed by atoms with E-state index >= 15 is 0 Å². The van der Waals surface area contributed by atoms with Crippen molar-refractivity contribution in [3.8, 4) is 28.3 Å². The van der Waals surface area contributed by atoms with Crippen LogP contribution in [0, 0.1) is 0 Å². The minimum Gasteiger partial charge on any atom is -0.539 e. The third kappa shape index (κ3) is 3.74. The van der Waals surface area contributed by atoms with Crippen LogP contribution >= 0.6 is 0 Å². The minimum atomic E-state index is -0.356. The lowest BCUT2D eigenvalue weighted by Gasteiger charge is -2.09. The molecule has 0 aliphatic rings. The molecular weight excluding hydrogens is 503 g/mol. The largest absolute Gasteiger partial charge is 0.539 e. The van der Waals surface area contributed by atoms with Gasteiger partial charge in [-0.1, -0.05) is 66.7 Å². The Morgan fingerprint density at radius 2 is 0.902 bits per heavy atom. The van der Waals surface area contributed by atoms with E-state index in [9.17, 15) is 5.02 Å². The van der Waals surface area contributed by atoms with Crippen molar-refractivity contribution in [2.75, 3.05) is 0 Å². The Morgan fingerprint density at radius 3 is 1.49 bits per heavy atom. The van der Waals surface area contributed by atoms with Gasteiger partial charge in [-0.25, -0.2) is 0 Å². The summed E-state index contributed by atoms with van der Waals surface area (Å²) in [5.41, 5.74) is 9.18. The molecule has 0 unspecified atom stereocenters. The summed E-state index contributed by atoms with van der Waals surface area (Å²) >= 11 is 0. The van der Waals surface area contributed by atoms with E-state index in [1.807, 2.05) is 18.2 Å². The molecule has 0 saturated carbocycles. The van der Waals surface area contributed by atoms with Gasteiger partial charge in [-0.2, -0.15) is 0 Å². The SMILES string of the molecule is OBOc1ccc2c(c1)c1cc(-c3ccc4c(c3)c3ccccc3n4-c3ccccc3)ccc1n2-c1ccccc1. The molecule has 0 spiro atoms. The number of hydrogen-bond acceptors (Lipinski definition) is 2. The van der Waals surface area contributed by atoms with Crippen molar-refractivity contribution in [2.45, 2.75) is 0 Å². The summed E-state index contributed by atoms with van der Waals surface area (Å²) in [4.78, 5) is 0. The zero-order valence-electron chi connectivity index (χ0n) is 22.2. The van der Waals surface area contributed by atoms with Crippen molar-refractivity contribution >= 4 is 51.3 Å². The second-order valence-electron chi connectivity index (χ2n) is 10.3. The molecule has 0 bridgehead atoms. The topological polar surface area (TPSA) is 39.3 Å². The number of hydrogen-bond donors (Lipinski definition) is 1. The van der Waals surface area contributed by atoms with Crippen LogP contribution in [0.15, 0.2) is 140 Å². The van der Waals surface area contributed by atoms with Gasteiger partial charge in [0.05, 0.1) is 22.1 Å². The highest BCUT2D eigenvalue weighted by atomic mass is 16.5. The lowest BCUT2D eigenvalue weighted by Crippen LogP contribution is -1.99. The van der Waals surface area contributed by atoms with Crippen LogP contribution in [0.25, 0.3) is 66.1 Å². The van der Waals surface area contributed by atoms with Gasteiger partial charge in [0.15, 0.2) is 0 Å². The van der Waals surface area contributed by atoms with E-state index in [1.165, 1.54) is 27.4 Å². The smallest absolute Gasteiger partial charge is 0.504 e. The lowest BCUT2D eigenvalue weighted by molar-refractivity contribution is 0.454. The van der Waals surface area contributed by atoms with Gasteiger partial charge in [-0.3, -0.25) is 0 Å². The molecule has 0 amide bonds. The highest BCUT2D eigenvalue weighted by Gasteiger charge is 2.16. The van der Waals surface area contributed by atoms with Crippen LogP contribution in [-0.2, 0) is 0 Å². The first-order valence-corrected chi connectivity index (χ1v) is 13.8. The van der Waals surface area contributed by atoms with E-state index in [1.54, 1.807) is 0 Å². The summed E-state index contributed by atoms with van der Waals surface area (Å²) in [6, 6.07) is 49.0. The first kappa shape index (κ1) is 23.6. The maximum absolute atomic E-state index is 9.39. The monoisotopic (exact) mass is 528 g/mol. The minimum absolute atomic E-state index is 0.356. The molecule has 6 aromatic carbocycles. The van der Waals surface area contributed by atoms with Gasteiger partial charge in [0.25, 0.3) is 0 Å². The number of benzene rings is 6. The average molecular weight is 528 g/mol. The van der Waals surface area contributed by atoms with E-state index in [2.05, 4.69) is 130 Å². The summed E-state index contributed by atoms with van der Waals surface area (Å²) in [6.45, 7) is 0. The molecule has 2 heterocycles. The van der Waals surface area contributed by atoms with Gasteiger partial charge < -0.3 is 18.8 Å². The summed E-state index contributed by atoms with van der Waals surface area (Å²) in [7, 11) is -0.356. The van der Waals surface area contributed by atoms with Crippen LogP contribution in [0.1, 0.15) is 0 Å². The number of rotatable bonds is 5. The average Bonchev–Trinajstić information content (AvgIpc) is 3.54. The van der Waals surface area contributed by atoms with Gasteiger partial charge >= 0.3 is 7.69 Å². The summed E-state index contributed by atoms with van der Waals surface area (Å²) in [6.07, 6.45) is 0. The number of para-hydroxylation sites is 3. The number of nitrogens with zero attached hydrogens (tertiary/aromatic N) is 2. The van der Waals surface area contributed by atoms with E-state index in [-0.39, 0.29) is 7.69 Å². The molecule has 0 saturated heterocycles. The molecule has 4 nitrogen and oxygen atoms in total. The molecular formula is C36H25BN2O2. The summed E-state index contributed by atoms with van der Waals surface area (Å²) < 4.78 is 10.1. The summed E-state index contributed by atoms with van der Waals surface area (Å²) in [5, 5.41) is 14.1. The van der Waals surface area contributed by atoms with Crippen molar-refractivity contribution in [3.63, 3.8) is 0 Å². The van der Waals surface area contributed by atoms with Crippen LogP contribution in [-0.4, -0.2) is 21.8 Å². The van der Waals surface area contributed by atoms with Crippen LogP contribution in [0.3, 0.4) is 0 Å². The Hall–Kier alpha value is -5.26. The van der Waals surface area contributed by atoms with E-state index in [4.69, 9.17) is 4.65 Å². The maximum atomic E-state index is 9.39. The fourth-order valence-corrected chi connectivity index (χ4v) is 6.21. The standard InChI is InChI=1S/C36H25BN2O2/c40-37-41-28-17-20-36-32(23-28)31-22-25(16-19-35(31)39(36)27-11-5-2-6-12-27)24-15-18-34-30(21-24)29-13-7-8-14-33(29)38(34)26-9-3-1-4-10-26/h1-23,37,40H. The highest BCUT2D eigenvalue weighted by Crippen LogP contribution is 2.39. The van der Waals surface area contributed by atoms with Gasteiger partial charge in [0, 0.05) is 32.9 Å². The van der Waals surface area contributed by atoms with E-state index in [0.717, 1.165) is 38.7 Å². The van der Waals surface area contributed by atoms with Crippen LogP contribution in [0.2, 0.25) is 0 Å². The van der Waals surface area contributed by atoms with E-state index < -0.39 is 0 Å². The Kier molecular flexibility index (Phi) is 5.44.